The minimum Gasteiger partial charge on any atom is -0.478 e. The Kier molecular flexibility index (Phi) is 5.63. The third-order valence-corrected chi connectivity index (χ3v) is 4.56. The highest BCUT2D eigenvalue weighted by atomic mass is 16.4. The Balaban J connectivity index is 1.56. The summed E-state index contributed by atoms with van der Waals surface area (Å²) in [4.78, 5) is 21.8. The van der Waals surface area contributed by atoms with E-state index in [1.54, 1.807) is 6.20 Å². The molecule has 0 spiro atoms. The lowest BCUT2D eigenvalue weighted by Crippen LogP contribution is -2.26. The van der Waals surface area contributed by atoms with E-state index in [0.29, 0.717) is 17.6 Å². The van der Waals surface area contributed by atoms with E-state index in [-0.39, 0.29) is 0 Å². The zero-order valence-electron chi connectivity index (χ0n) is 15.1. The topological polar surface area (TPSA) is 78.4 Å². The maximum Gasteiger partial charge on any atom is 0.328 e. The highest BCUT2D eigenvalue weighted by molar-refractivity contribution is 5.85. The van der Waals surface area contributed by atoms with Crippen LogP contribution in [0.1, 0.15) is 28.8 Å². The van der Waals surface area contributed by atoms with Crippen LogP contribution in [0.3, 0.4) is 0 Å². The molecule has 136 valence electrons. The predicted molar refractivity (Wildman–Crippen MR) is 102 cm³/mol. The van der Waals surface area contributed by atoms with Crippen molar-refractivity contribution in [1.29, 1.82) is 0 Å². The van der Waals surface area contributed by atoms with Gasteiger partial charge in [0, 0.05) is 43.5 Å². The Morgan fingerprint density at radius 3 is 2.81 bits per heavy atom. The molecule has 1 aromatic heterocycles. The third-order valence-electron chi connectivity index (χ3n) is 4.56. The van der Waals surface area contributed by atoms with Gasteiger partial charge in [0.2, 0.25) is 5.95 Å². The van der Waals surface area contributed by atoms with Crippen LogP contribution in [0.15, 0.2) is 36.5 Å². The minimum atomic E-state index is -0.980. The molecule has 0 amide bonds. The van der Waals surface area contributed by atoms with E-state index >= 15 is 0 Å². The molecule has 1 aliphatic heterocycles. The van der Waals surface area contributed by atoms with E-state index in [2.05, 4.69) is 51.4 Å². The number of carboxylic acid groups (broad SMARTS) is 1. The number of nitrogens with one attached hydrogen (secondary N) is 1. The molecule has 1 atom stereocenters. The third kappa shape index (κ3) is 4.89. The van der Waals surface area contributed by atoms with Crippen LogP contribution < -0.4 is 5.32 Å². The van der Waals surface area contributed by atoms with Crippen LogP contribution in [-0.4, -0.2) is 45.1 Å². The van der Waals surface area contributed by atoms with Gasteiger partial charge in [-0.2, -0.15) is 0 Å². The van der Waals surface area contributed by atoms with E-state index in [1.807, 2.05) is 6.92 Å². The molecule has 1 saturated heterocycles. The van der Waals surface area contributed by atoms with Crippen molar-refractivity contribution in [3.63, 3.8) is 0 Å². The van der Waals surface area contributed by atoms with Crippen LogP contribution in [0, 0.1) is 13.8 Å². The molecule has 0 saturated carbocycles. The van der Waals surface area contributed by atoms with Gasteiger partial charge in [-0.3, -0.25) is 4.90 Å². The van der Waals surface area contributed by atoms with Crippen molar-refractivity contribution in [2.45, 2.75) is 32.9 Å². The minimum absolute atomic E-state index is 0.320. The van der Waals surface area contributed by atoms with Gasteiger partial charge in [0.1, 0.15) is 0 Å². The standard InChI is InChI=1S/C20H24N4O2/c1-14-3-5-16(6-4-14)12-24-10-9-18(13-24)23-20-21-11-17(15(2)22-20)7-8-19(25)26/h3-8,11,18H,9-10,12-13H2,1-2H3,(H,25,26)(H,21,22,23)/b8-7+/t18-/m1/s1. The van der Waals surface area contributed by atoms with Crippen LogP contribution in [0.2, 0.25) is 0 Å². The van der Waals surface area contributed by atoms with Crippen molar-refractivity contribution in [1.82, 2.24) is 14.9 Å². The van der Waals surface area contributed by atoms with Crippen molar-refractivity contribution in [2.24, 2.45) is 0 Å². The summed E-state index contributed by atoms with van der Waals surface area (Å²) in [6.07, 6.45) is 5.32. The summed E-state index contributed by atoms with van der Waals surface area (Å²) in [5, 5.41) is 12.1. The first kappa shape index (κ1) is 18.1. The number of aliphatic carboxylic acids is 1. The Bertz CT molecular complexity index is 802. The molecular formula is C20H24N4O2. The zero-order valence-corrected chi connectivity index (χ0v) is 15.1. The lowest BCUT2D eigenvalue weighted by Gasteiger charge is -2.17. The fourth-order valence-electron chi connectivity index (χ4n) is 3.10. The number of nitrogens with zero attached hydrogens (tertiary/aromatic N) is 3. The number of aryl methyl sites for hydroxylation is 2. The number of rotatable bonds is 6. The van der Waals surface area contributed by atoms with Crippen LogP contribution in [0.5, 0.6) is 0 Å². The fraction of sp³-hybridized carbons (Fsp3) is 0.350. The molecule has 1 aliphatic rings. The molecule has 2 heterocycles. The second-order valence-electron chi connectivity index (χ2n) is 6.76. The Labute approximate surface area is 153 Å². The summed E-state index contributed by atoms with van der Waals surface area (Å²) in [5.74, 6) is -0.386. The Morgan fingerprint density at radius 1 is 1.35 bits per heavy atom. The number of anilines is 1. The van der Waals surface area contributed by atoms with Gasteiger partial charge in [-0.15, -0.1) is 0 Å². The van der Waals surface area contributed by atoms with E-state index in [0.717, 1.165) is 37.8 Å². The van der Waals surface area contributed by atoms with Crippen molar-refractivity contribution in [2.75, 3.05) is 18.4 Å². The van der Waals surface area contributed by atoms with Gasteiger partial charge in [0.25, 0.3) is 0 Å². The highest BCUT2D eigenvalue weighted by Crippen LogP contribution is 2.17. The van der Waals surface area contributed by atoms with Crippen molar-refractivity contribution in [3.8, 4) is 0 Å². The Hall–Kier alpha value is -2.73. The average Bonchev–Trinajstić information content (AvgIpc) is 3.03. The molecule has 26 heavy (non-hydrogen) atoms. The van der Waals surface area contributed by atoms with Gasteiger partial charge in [-0.05, 0) is 31.9 Å². The van der Waals surface area contributed by atoms with E-state index < -0.39 is 5.97 Å². The first-order valence-corrected chi connectivity index (χ1v) is 8.78. The van der Waals surface area contributed by atoms with Gasteiger partial charge in [0.05, 0.1) is 5.69 Å². The largest absolute Gasteiger partial charge is 0.478 e. The number of carboxylic acids is 1. The number of aromatic nitrogens is 2. The second-order valence-corrected chi connectivity index (χ2v) is 6.76. The summed E-state index contributed by atoms with van der Waals surface area (Å²) in [7, 11) is 0. The molecule has 1 aromatic carbocycles. The maximum absolute atomic E-state index is 10.6. The normalized spacial score (nSPS) is 17.7. The summed E-state index contributed by atoms with van der Waals surface area (Å²) < 4.78 is 0. The molecule has 0 aliphatic carbocycles. The number of hydrogen-bond donors (Lipinski definition) is 2. The SMILES string of the molecule is Cc1ccc(CN2CC[C@@H](Nc3ncc(/C=C/C(=O)O)c(C)n3)C2)cc1. The number of likely N-dealkylation sites (tertiary alicyclic amines) is 1. The van der Waals surface area contributed by atoms with Crippen LogP contribution in [-0.2, 0) is 11.3 Å². The lowest BCUT2D eigenvalue weighted by molar-refractivity contribution is -0.131. The molecule has 3 rings (SSSR count). The number of carbonyl (C=O) groups is 1. The molecule has 6 heteroatoms. The summed E-state index contributed by atoms with van der Waals surface area (Å²) in [5.41, 5.74) is 4.08. The first-order chi connectivity index (χ1) is 12.5. The molecule has 0 radical (unpaired) electrons. The van der Waals surface area contributed by atoms with Crippen LogP contribution in [0.25, 0.3) is 6.08 Å². The van der Waals surface area contributed by atoms with Crippen molar-refractivity contribution in [3.05, 3.63) is 58.9 Å². The number of hydrogen-bond acceptors (Lipinski definition) is 5. The summed E-state index contributed by atoms with van der Waals surface area (Å²) in [6, 6.07) is 8.99. The quantitative estimate of drug-likeness (QED) is 0.779. The molecule has 1 fully saturated rings. The molecule has 0 unspecified atom stereocenters. The van der Waals surface area contributed by atoms with Gasteiger partial charge >= 0.3 is 5.97 Å². The maximum atomic E-state index is 10.6. The Morgan fingerprint density at radius 2 is 2.12 bits per heavy atom. The number of benzene rings is 1. The first-order valence-electron chi connectivity index (χ1n) is 8.78. The smallest absolute Gasteiger partial charge is 0.328 e. The van der Waals surface area contributed by atoms with E-state index in [1.165, 1.54) is 17.2 Å². The fourth-order valence-corrected chi connectivity index (χ4v) is 3.10. The zero-order chi connectivity index (χ0) is 18.5. The van der Waals surface area contributed by atoms with Crippen LogP contribution in [0.4, 0.5) is 5.95 Å². The van der Waals surface area contributed by atoms with E-state index in [4.69, 9.17) is 5.11 Å². The average molecular weight is 352 g/mol. The van der Waals surface area contributed by atoms with Crippen molar-refractivity contribution >= 4 is 18.0 Å². The van der Waals surface area contributed by atoms with Crippen molar-refractivity contribution < 1.29 is 9.90 Å². The monoisotopic (exact) mass is 352 g/mol. The molecule has 2 aromatic rings. The molecule has 6 nitrogen and oxygen atoms in total. The molecular weight excluding hydrogens is 328 g/mol. The van der Waals surface area contributed by atoms with Gasteiger partial charge in [0.15, 0.2) is 0 Å². The lowest BCUT2D eigenvalue weighted by atomic mass is 10.1. The summed E-state index contributed by atoms with van der Waals surface area (Å²) in [6.45, 7) is 6.91. The molecule has 2 N–H and O–H groups in total. The summed E-state index contributed by atoms with van der Waals surface area (Å²) >= 11 is 0. The van der Waals surface area contributed by atoms with Crippen LogP contribution >= 0.6 is 0 Å². The molecule has 0 bridgehead atoms. The highest BCUT2D eigenvalue weighted by Gasteiger charge is 2.23. The van der Waals surface area contributed by atoms with Gasteiger partial charge in [-0.1, -0.05) is 29.8 Å². The van der Waals surface area contributed by atoms with E-state index in [9.17, 15) is 4.79 Å². The van der Waals surface area contributed by atoms with Gasteiger partial charge in [-0.25, -0.2) is 14.8 Å². The second kappa shape index (κ2) is 8.10. The predicted octanol–water partition coefficient (Wildman–Crippen LogP) is 2.88. The van der Waals surface area contributed by atoms with Gasteiger partial charge < -0.3 is 10.4 Å².